The average molecular weight is 132 g/mol. The highest BCUT2D eigenvalue weighted by atomic mass is 32.2. The molecule has 2 nitrogen and oxygen atoms in total. The fourth-order valence-corrected chi connectivity index (χ4v) is 1.96. The first-order valence-electron chi connectivity index (χ1n) is 2.81. The van der Waals surface area contributed by atoms with E-state index >= 15 is 0 Å². The van der Waals surface area contributed by atoms with Crippen LogP contribution in [0.2, 0.25) is 0 Å². The maximum Gasteiger partial charge on any atom is 0.0129 e. The van der Waals surface area contributed by atoms with Gasteiger partial charge in [-0.05, 0) is 0 Å². The lowest BCUT2D eigenvalue weighted by Gasteiger charge is -2.38. The lowest BCUT2D eigenvalue weighted by molar-refractivity contribution is 0.387. The summed E-state index contributed by atoms with van der Waals surface area (Å²) in [4.78, 5) is 0. The first-order chi connectivity index (χ1) is 3.83. The van der Waals surface area contributed by atoms with E-state index < -0.39 is 0 Å². The summed E-state index contributed by atoms with van der Waals surface area (Å²) in [6.45, 7) is 1.52. The number of rotatable bonds is 2. The summed E-state index contributed by atoms with van der Waals surface area (Å²) in [7, 11) is 0. The van der Waals surface area contributed by atoms with E-state index in [1.54, 1.807) is 0 Å². The fourth-order valence-electron chi connectivity index (χ4n) is 0.710. The van der Waals surface area contributed by atoms with E-state index in [1.807, 2.05) is 11.8 Å². The number of nitrogens with two attached hydrogens (primary N) is 2. The predicted molar refractivity (Wildman–Crippen MR) is 37.9 cm³/mol. The van der Waals surface area contributed by atoms with Crippen LogP contribution < -0.4 is 11.5 Å². The van der Waals surface area contributed by atoms with Crippen LogP contribution in [0.1, 0.15) is 0 Å². The molecule has 1 fully saturated rings. The van der Waals surface area contributed by atoms with Crippen molar-refractivity contribution in [3.63, 3.8) is 0 Å². The summed E-state index contributed by atoms with van der Waals surface area (Å²) in [6, 6.07) is 0. The zero-order chi connectivity index (χ0) is 6.04. The zero-order valence-electron chi connectivity index (χ0n) is 4.89. The van der Waals surface area contributed by atoms with Gasteiger partial charge in [0, 0.05) is 30.0 Å². The number of thioether (sulfide) groups is 1. The molecule has 1 aliphatic heterocycles. The van der Waals surface area contributed by atoms with Crippen LogP contribution in [0.5, 0.6) is 0 Å². The van der Waals surface area contributed by atoms with Crippen molar-refractivity contribution in [1.29, 1.82) is 0 Å². The van der Waals surface area contributed by atoms with Crippen molar-refractivity contribution in [1.82, 2.24) is 0 Å². The van der Waals surface area contributed by atoms with Gasteiger partial charge in [0.2, 0.25) is 0 Å². The van der Waals surface area contributed by atoms with Gasteiger partial charge in [-0.1, -0.05) is 0 Å². The third kappa shape index (κ3) is 0.855. The van der Waals surface area contributed by atoms with Crippen LogP contribution in [-0.4, -0.2) is 24.6 Å². The molecule has 0 saturated carbocycles. The van der Waals surface area contributed by atoms with Crippen molar-refractivity contribution in [2.45, 2.75) is 0 Å². The summed E-state index contributed by atoms with van der Waals surface area (Å²) in [6.07, 6.45) is 0. The van der Waals surface area contributed by atoms with Gasteiger partial charge in [-0.3, -0.25) is 0 Å². The topological polar surface area (TPSA) is 52.0 Å². The van der Waals surface area contributed by atoms with Crippen molar-refractivity contribution >= 4 is 11.8 Å². The summed E-state index contributed by atoms with van der Waals surface area (Å²) >= 11 is 1.93. The minimum atomic E-state index is 0.324. The average Bonchev–Trinajstić information content (AvgIpc) is 1.67. The molecule has 1 saturated heterocycles. The molecule has 0 unspecified atom stereocenters. The van der Waals surface area contributed by atoms with Gasteiger partial charge in [0.05, 0.1) is 0 Å². The smallest absolute Gasteiger partial charge is 0.0129 e. The Morgan fingerprint density at radius 1 is 1.25 bits per heavy atom. The lowest BCUT2D eigenvalue weighted by Crippen LogP contribution is -2.48. The third-order valence-corrected chi connectivity index (χ3v) is 3.32. The van der Waals surface area contributed by atoms with Crippen LogP contribution in [0.3, 0.4) is 0 Å². The van der Waals surface area contributed by atoms with Crippen LogP contribution in [0.4, 0.5) is 0 Å². The molecule has 0 amide bonds. The molecule has 0 atom stereocenters. The Balaban J connectivity index is 2.33. The maximum absolute atomic E-state index is 5.49. The number of hydrogen-bond donors (Lipinski definition) is 2. The van der Waals surface area contributed by atoms with Crippen LogP contribution >= 0.6 is 11.8 Å². The highest BCUT2D eigenvalue weighted by Gasteiger charge is 2.34. The van der Waals surface area contributed by atoms with Crippen LogP contribution in [0.25, 0.3) is 0 Å². The van der Waals surface area contributed by atoms with Gasteiger partial charge in [-0.15, -0.1) is 0 Å². The summed E-state index contributed by atoms with van der Waals surface area (Å²) in [5, 5.41) is 0. The lowest BCUT2D eigenvalue weighted by atomic mass is 9.93. The molecule has 0 radical (unpaired) electrons. The summed E-state index contributed by atoms with van der Waals surface area (Å²) in [5.41, 5.74) is 11.3. The van der Waals surface area contributed by atoms with Gasteiger partial charge in [0.15, 0.2) is 0 Å². The highest BCUT2D eigenvalue weighted by molar-refractivity contribution is 8.00. The maximum atomic E-state index is 5.49. The number of hydrogen-bond acceptors (Lipinski definition) is 3. The molecule has 0 aromatic carbocycles. The van der Waals surface area contributed by atoms with Gasteiger partial charge >= 0.3 is 0 Å². The molecule has 3 heteroatoms. The highest BCUT2D eigenvalue weighted by Crippen LogP contribution is 2.35. The Bertz CT molecular complexity index is 67.0. The Hall–Kier alpha value is 0.270. The van der Waals surface area contributed by atoms with Gasteiger partial charge in [-0.2, -0.15) is 11.8 Å². The molecule has 8 heavy (non-hydrogen) atoms. The molecule has 48 valence electrons. The third-order valence-electron chi connectivity index (χ3n) is 1.68. The largest absolute Gasteiger partial charge is 0.330 e. The Morgan fingerprint density at radius 3 is 1.75 bits per heavy atom. The van der Waals surface area contributed by atoms with E-state index in [4.69, 9.17) is 11.5 Å². The minimum Gasteiger partial charge on any atom is -0.330 e. The van der Waals surface area contributed by atoms with Gasteiger partial charge in [0.25, 0.3) is 0 Å². The normalized spacial score (nSPS) is 24.8. The zero-order valence-corrected chi connectivity index (χ0v) is 5.71. The van der Waals surface area contributed by atoms with Gasteiger partial charge in [-0.25, -0.2) is 0 Å². The van der Waals surface area contributed by atoms with E-state index in [2.05, 4.69) is 0 Å². The van der Waals surface area contributed by atoms with Crippen molar-refractivity contribution in [2.24, 2.45) is 16.9 Å². The molecule has 0 aliphatic carbocycles. The Kier molecular flexibility index (Phi) is 1.80. The molecular weight excluding hydrogens is 120 g/mol. The van der Waals surface area contributed by atoms with Crippen LogP contribution in [0, 0.1) is 5.41 Å². The molecular formula is C5H12N2S. The van der Waals surface area contributed by atoms with E-state index in [9.17, 15) is 0 Å². The minimum absolute atomic E-state index is 0.324. The van der Waals surface area contributed by atoms with E-state index in [0.29, 0.717) is 5.41 Å². The molecule has 0 aromatic heterocycles. The van der Waals surface area contributed by atoms with E-state index in [-0.39, 0.29) is 0 Å². The van der Waals surface area contributed by atoms with Crippen molar-refractivity contribution in [2.75, 3.05) is 24.6 Å². The Morgan fingerprint density at radius 2 is 1.75 bits per heavy atom. The predicted octanol–water partition coefficient (Wildman–Crippen LogP) is -0.363. The molecule has 0 spiro atoms. The second-order valence-electron chi connectivity index (χ2n) is 2.40. The molecule has 1 heterocycles. The standard InChI is InChI=1S/C5H12N2S/c6-1-5(2-7)3-8-4-5/h1-4,6-7H2. The first-order valence-corrected chi connectivity index (χ1v) is 3.96. The van der Waals surface area contributed by atoms with Gasteiger partial charge < -0.3 is 11.5 Å². The van der Waals surface area contributed by atoms with Crippen molar-refractivity contribution < 1.29 is 0 Å². The molecule has 1 rings (SSSR count). The SMILES string of the molecule is NCC1(CN)CSC1. The van der Waals surface area contributed by atoms with E-state index in [1.165, 1.54) is 11.5 Å². The van der Waals surface area contributed by atoms with Crippen molar-refractivity contribution in [3.05, 3.63) is 0 Å². The van der Waals surface area contributed by atoms with Crippen LogP contribution in [-0.2, 0) is 0 Å². The monoisotopic (exact) mass is 132 g/mol. The fraction of sp³-hybridized carbons (Fsp3) is 1.00. The molecule has 4 N–H and O–H groups in total. The molecule has 1 aliphatic rings. The summed E-state index contributed by atoms with van der Waals surface area (Å²) in [5.74, 6) is 2.33. The van der Waals surface area contributed by atoms with Crippen LogP contribution in [0.15, 0.2) is 0 Å². The first kappa shape index (κ1) is 6.39. The summed E-state index contributed by atoms with van der Waals surface area (Å²) < 4.78 is 0. The molecule has 0 bridgehead atoms. The quantitative estimate of drug-likeness (QED) is 0.539. The van der Waals surface area contributed by atoms with Crippen molar-refractivity contribution in [3.8, 4) is 0 Å². The second-order valence-corrected chi connectivity index (χ2v) is 3.39. The molecule has 0 aromatic rings. The second kappa shape index (κ2) is 2.25. The van der Waals surface area contributed by atoms with Gasteiger partial charge in [0.1, 0.15) is 0 Å². The Labute approximate surface area is 54.0 Å². The van der Waals surface area contributed by atoms with E-state index in [0.717, 1.165) is 13.1 Å².